The Bertz CT molecular complexity index is 442. The minimum Gasteiger partial charge on any atom is -0.329 e. The number of rotatable bonds is 3. The van der Waals surface area contributed by atoms with Gasteiger partial charge in [0.05, 0.1) is 12.7 Å². The third kappa shape index (κ3) is 2.86. The molecule has 10 heteroatoms. The molecule has 0 atom stereocenters. The molecular formula is C6H9ClF3N3O2S. The maximum atomic E-state index is 12.1. The van der Waals surface area contributed by atoms with Gasteiger partial charge in [0.1, 0.15) is 4.90 Å². The summed E-state index contributed by atoms with van der Waals surface area (Å²) in [6.07, 6.45) is 1.45. The van der Waals surface area contributed by atoms with Crippen LogP contribution in [-0.4, -0.2) is 30.3 Å². The Morgan fingerprint density at radius 1 is 1.44 bits per heavy atom. The molecule has 0 bridgehead atoms. The molecule has 0 aliphatic heterocycles. The normalized spacial score (nSPS) is 12.2. The Morgan fingerprint density at radius 3 is 2.44 bits per heavy atom. The Hall–Kier alpha value is -0.800. The summed E-state index contributed by atoms with van der Waals surface area (Å²) in [7, 11) is -5.30. The molecule has 2 N–H and O–H groups in total. The van der Waals surface area contributed by atoms with Gasteiger partial charge in [-0.15, -0.1) is 12.4 Å². The smallest absolute Gasteiger partial charge is 0.329 e. The van der Waals surface area contributed by atoms with Crippen LogP contribution in [0.1, 0.15) is 0 Å². The predicted octanol–water partition coefficient (Wildman–Crippen LogP) is 0.557. The molecule has 1 rings (SSSR count). The largest absolute Gasteiger partial charge is 0.502 e. The summed E-state index contributed by atoms with van der Waals surface area (Å²) < 4.78 is 59.0. The lowest BCUT2D eigenvalue weighted by atomic mass is 10.6. The zero-order valence-corrected chi connectivity index (χ0v) is 9.44. The van der Waals surface area contributed by atoms with Crippen molar-refractivity contribution >= 4 is 22.2 Å². The summed E-state index contributed by atoms with van der Waals surface area (Å²) >= 11 is 0. The molecule has 94 valence electrons. The third-order valence-corrected chi connectivity index (χ3v) is 3.02. The molecule has 0 aromatic carbocycles. The molecule has 0 radical (unpaired) electrons. The third-order valence-electron chi connectivity index (χ3n) is 1.58. The molecule has 5 nitrogen and oxygen atoms in total. The fourth-order valence-corrected chi connectivity index (χ4v) is 1.59. The fourth-order valence-electron chi connectivity index (χ4n) is 0.872. The molecule has 0 fully saturated rings. The van der Waals surface area contributed by atoms with Crippen LogP contribution in [0.4, 0.5) is 13.2 Å². The molecule has 0 saturated carbocycles. The van der Waals surface area contributed by atoms with Crippen molar-refractivity contribution < 1.29 is 21.6 Å². The van der Waals surface area contributed by atoms with Gasteiger partial charge in [0, 0.05) is 12.7 Å². The maximum Gasteiger partial charge on any atom is 0.502 e. The SMILES string of the molecule is Cl.NCCn1cc(S(=O)(=O)C(F)(F)F)cn1. The number of alkyl halides is 3. The zero-order chi connectivity index (χ0) is 11.7. The topological polar surface area (TPSA) is 78.0 Å². The van der Waals surface area contributed by atoms with Gasteiger partial charge in [0.25, 0.3) is 9.84 Å². The van der Waals surface area contributed by atoms with E-state index in [0.29, 0.717) is 6.20 Å². The van der Waals surface area contributed by atoms with Gasteiger partial charge >= 0.3 is 5.51 Å². The summed E-state index contributed by atoms with van der Waals surface area (Å²) in [6.45, 7) is 0.320. The Morgan fingerprint density at radius 2 is 2.00 bits per heavy atom. The summed E-state index contributed by atoms with van der Waals surface area (Å²) in [5, 5.41) is 3.44. The highest BCUT2D eigenvalue weighted by molar-refractivity contribution is 7.92. The first-order chi connectivity index (χ1) is 6.79. The molecule has 16 heavy (non-hydrogen) atoms. The highest BCUT2D eigenvalue weighted by Gasteiger charge is 2.47. The van der Waals surface area contributed by atoms with Crippen molar-refractivity contribution in [1.82, 2.24) is 9.78 Å². The van der Waals surface area contributed by atoms with Crippen molar-refractivity contribution in [3.05, 3.63) is 12.4 Å². The van der Waals surface area contributed by atoms with Gasteiger partial charge in [-0.25, -0.2) is 8.42 Å². The van der Waals surface area contributed by atoms with Crippen LogP contribution in [0.25, 0.3) is 0 Å². The lowest BCUT2D eigenvalue weighted by molar-refractivity contribution is -0.0436. The first kappa shape index (κ1) is 15.2. The summed E-state index contributed by atoms with van der Waals surface area (Å²) in [5.41, 5.74) is -0.170. The minimum absolute atomic E-state index is 0. The highest BCUT2D eigenvalue weighted by atomic mass is 35.5. The fraction of sp³-hybridized carbons (Fsp3) is 0.500. The van der Waals surface area contributed by atoms with Crippen LogP contribution in [-0.2, 0) is 16.4 Å². The number of hydrogen-bond acceptors (Lipinski definition) is 4. The van der Waals surface area contributed by atoms with Gasteiger partial charge in [-0.05, 0) is 0 Å². The van der Waals surface area contributed by atoms with E-state index in [1.807, 2.05) is 0 Å². The Labute approximate surface area is 95.7 Å². The second-order valence-electron chi connectivity index (χ2n) is 2.68. The van der Waals surface area contributed by atoms with Gasteiger partial charge in [-0.3, -0.25) is 4.68 Å². The van der Waals surface area contributed by atoms with Crippen LogP contribution in [0.5, 0.6) is 0 Å². The van der Waals surface area contributed by atoms with E-state index in [-0.39, 0.29) is 25.5 Å². The van der Waals surface area contributed by atoms with Crippen LogP contribution in [0.15, 0.2) is 17.3 Å². The number of nitrogens with zero attached hydrogens (tertiary/aromatic N) is 2. The van der Waals surface area contributed by atoms with Gasteiger partial charge in [0.2, 0.25) is 0 Å². The van der Waals surface area contributed by atoms with Crippen LogP contribution < -0.4 is 5.73 Å². The number of halogens is 4. The number of nitrogens with two attached hydrogens (primary N) is 1. The van der Waals surface area contributed by atoms with Crippen LogP contribution >= 0.6 is 12.4 Å². The lowest BCUT2D eigenvalue weighted by Crippen LogP contribution is -2.22. The van der Waals surface area contributed by atoms with E-state index in [4.69, 9.17) is 5.73 Å². The first-order valence-electron chi connectivity index (χ1n) is 3.83. The van der Waals surface area contributed by atoms with Crippen molar-refractivity contribution in [2.24, 2.45) is 5.73 Å². The van der Waals surface area contributed by atoms with E-state index in [2.05, 4.69) is 5.10 Å². The Kier molecular flexibility index (Phi) is 4.77. The summed E-state index contributed by atoms with van der Waals surface area (Å²) in [6, 6.07) is 0. The van der Waals surface area contributed by atoms with Gasteiger partial charge in [0.15, 0.2) is 0 Å². The summed E-state index contributed by atoms with van der Waals surface area (Å²) in [4.78, 5) is -0.872. The molecule has 0 aliphatic carbocycles. The van der Waals surface area contributed by atoms with Crippen molar-refractivity contribution in [3.63, 3.8) is 0 Å². The molecule has 0 saturated heterocycles. The molecule has 1 aromatic rings. The number of sulfone groups is 1. The van der Waals surface area contributed by atoms with E-state index < -0.39 is 20.2 Å². The lowest BCUT2D eigenvalue weighted by Gasteiger charge is -2.04. The van der Waals surface area contributed by atoms with Crippen molar-refractivity contribution in [2.75, 3.05) is 6.54 Å². The Balaban J connectivity index is 0.00000225. The van der Waals surface area contributed by atoms with Gasteiger partial charge in [-0.1, -0.05) is 0 Å². The molecule has 1 heterocycles. The molecule has 0 amide bonds. The van der Waals surface area contributed by atoms with Gasteiger partial charge < -0.3 is 5.73 Å². The second-order valence-corrected chi connectivity index (χ2v) is 4.62. The molecular weight excluding hydrogens is 271 g/mol. The van der Waals surface area contributed by atoms with Crippen molar-refractivity contribution in [1.29, 1.82) is 0 Å². The van der Waals surface area contributed by atoms with E-state index in [1.165, 1.54) is 0 Å². The maximum absolute atomic E-state index is 12.1. The highest BCUT2D eigenvalue weighted by Crippen LogP contribution is 2.29. The van der Waals surface area contributed by atoms with E-state index in [9.17, 15) is 21.6 Å². The molecule has 0 aliphatic rings. The van der Waals surface area contributed by atoms with E-state index in [1.54, 1.807) is 0 Å². The van der Waals surface area contributed by atoms with E-state index >= 15 is 0 Å². The monoisotopic (exact) mass is 279 g/mol. The zero-order valence-electron chi connectivity index (χ0n) is 7.81. The van der Waals surface area contributed by atoms with Crippen LogP contribution in [0, 0.1) is 0 Å². The van der Waals surface area contributed by atoms with E-state index in [0.717, 1.165) is 10.9 Å². The average molecular weight is 280 g/mol. The quantitative estimate of drug-likeness (QED) is 0.877. The van der Waals surface area contributed by atoms with Gasteiger partial charge in [-0.2, -0.15) is 18.3 Å². The first-order valence-corrected chi connectivity index (χ1v) is 5.31. The minimum atomic E-state index is -5.30. The van der Waals surface area contributed by atoms with Crippen LogP contribution in [0.3, 0.4) is 0 Å². The van der Waals surface area contributed by atoms with Crippen molar-refractivity contribution in [2.45, 2.75) is 16.9 Å². The predicted molar refractivity (Wildman–Crippen MR) is 51.8 cm³/mol. The van der Waals surface area contributed by atoms with Crippen molar-refractivity contribution in [3.8, 4) is 0 Å². The number of hydrogen-bond donors (Lipinski definition) is 1. The van der Waals surface area contributed by atoms with Crippen LogP contribution in [0.2, 0.25) is 0 Å². The number of aromatic nitrogens is 2. The molecule has 0 unspecified atom stereocenters. The molecule has 1 aromatic heterocycles. The molecule has 0 spiro atoms. The average Bonchev–Trinajstić information content (AvgIpc) is 2.51. The second kappa shape index (κ2) is 5.02. The standard InChI is InChI=1S/C6H8F3N3O2S.ClH/c7-6(8,9)15(13,14)5-3-11-12(4-5)2-1-10;/h3-4H,1-2,10H2;1H. The summed E-state index contributed by atoms with van der Waals surface area (Å²) in [5.74, 6) is 0.